The van der Waals surface area contributed by atoms with Crippen molar-refractivity contribution < 1.29 is 27.8 Å². The van der Waals surface area contributed by atoms with Gasteiger partial charge in [-0.3, -0.25) is 9.69 Å². The number of fused-ring (bicyclic) bond motifs is 1. The molecule has 1 atom stereocenters. The van der Waals surface area contributed by atoms with Crippen molar-refractivity contribution in [2.75, 3.05) is 26.2 Å². The topological polar surface area (TPSA) is 49.8 Å². The molecule has 1 heterocycles. The van der Waals surface area contributed by atoms with Gasteiger partial charge in [0, 0.05) is 25.7 Å². The van der Waals surface area contributed by atoms with Crippen molar-refractivity contribution in [3.63, 3.8) is 0 Å². The first-order chi connectivity index (χ1) is 12.7. The molecule has 1 aliphatic heterocycles. The van der Waals surface area contributed by atoms with E-state index in [0.717, 1.165) is 30.2 Å². The smallest absolute Gasteiger partial charge is 0.409 e. The van der Waals surface area contributed by atoms with E-state index in [0.29, 0.717) is 24.8 Å². The van der Waals surface area contributed by atoms with Gasteiger partial charge in [-0.05, 0) is 41.7 Å². The Labute approximate surface area is 155 Å². The Morgan fingerprint density at radius 1 is 1.37 bits per heavy atom. The summed E-state index contributed by atoms with van der Waals surface area (Å²) in [5, 5.41) is 8.97. The molecule has 1 aliphatic carbocycles. The summed E-state index contributed by atoms with van der Waals surface area (Å²) >= 11 is 0. The molecule has 1 fully saturated rings. The molecule has 0 spiro atoms. The average molecular weight is 381 g/mol. The van der Waals surface area contributed by atoms with Crippen LogP contribution in [0, 0.1) is 11.8 Å². The van der Waals surface area contributed by atoms with Gasteiger partial charge in [-0.25, -0.2) is 0 Å². The second kappa shape index (κ2) is 7.76. The molecule has 4 nitrogen and oxygen atoms in total. The van der Waals surface area contributed by atoms with Crippen LogP contribution in [0.1, 0.15) is 18.1 Å². The molecule has 0 aromatic heterocycles. The maximum absolute atomic E-state index is 12.1. The molecule has 7 heteroatoms. The van der Waals surface area contributed by atoms with Crippen LogP contribution < -0.4 is 4.74 Å². The van der Waals surface area contributed by atoms with Crippen molar-refractivity contribution >= 4 is 12.0 Å². The number of nitrogens with zero attached hydrogens (tertiary/aromatic N) is 1. The lowest BCUT2D eigenvalue weighted by Gasteiger charge is -2.38. The van der Waals surface area contributed by atoms with Gasteiger partial charge < -0.3 is 9.84 Å². The van der Waals surface area contributed by atoms with Crippen LogP contribution in [-0.4, -0.2) is 48.4 Å². The zero-order chi connectivity index (χ0) is 19.6. The summed E-state index contributed by atoms with van der Waals surface area (Å²) in [4.78, 5) is 13.0. The summed E-state index contributed by atoms with van der Waals surface area (Å²) in [5.74, 6) is -0.124. The first-order valence-electron chi connectivity index (χ1n) is 8.87. The number of hydrogen-bond acceptors (Lipinski definition) is 3. The Morgan fingerprint density at radius 2 is 2.11 bits per heavy atom. The molecule has 0 unspecified atom stereocenters. The van der Waals surface area contributed by atoms with Crippen LogP contribution in [0.4, 0.5) is 13.2 Å². The monoisotopic (exact) mass is 381 g/mol. The van der Waals surface area contributed by atoms with E-state index < -0.39 is 12.1 Å². The number of aliphatic carboxylic acids is 1. The van der Waals surface area contributed by atoms with Crippen LogP contribution in [-0.2, 0) is 11.2 Å². The first-order valence-corrected chi connectivity index (χ1v) is 8.87. The minimum absolute atomic E-state index is 0.130. The summed E-state index contributed by atoms with van der Waals surface area (Å²) in [5.41, 5.74) is 3.46. The van der Waals surface area contributed by atoms with Crippen LogP contribution in [0.15, 0.2) is 35.9 Å². The van der Waals surface area contributed by atoms with E-state index in [-0.39, 0.29) is 18.6 Å². The van der Waals surface area contributed by atoms with Crippen LogP contribution in [0.2, 0.25) is 0 Å². The Morgan fingerprint density at radius 3 is 2.78 bits per heavy atom. The van der Waals surface area contributed by atoms with Gasteiger partial charge >= 0.3 is 12.1 Å². The molecule has 0 amide bonds. The molecule has 3 rings (SSSR count). The van der Waals surface area contributed by atoms with Crippen molar-refractivity contribution in [3.8, 4) is 5.75 Å². The summed E-state index contributed by atoms with van der Waals surface area (Å²) in [6.45, 7) is 3.94. The minimum atomic E-state index is -4.32. The van der Waals surface area contributed by atoms with Crippen LogP contribution in [0.5, 0.6) is 5.75 Å². The highest BCUT2D eigenvalue weighted by atomic mass is 19.4. The van der Waals surface area contributed by atoms with E-state index in [4.69, 9.17) is 9.84 Å². The SMILES string of the molecule is C[C@@H]1Cc2cc(OC/C=C\C(F)(F)F)ccc2C=C1CN1CC(C(=O)O)C1. The highest BCUT2D eigenvalue weighted by molar-refractivity contribution is 5.71. The zero-order valence-electron chi connectivity index (χ0n) is 15.0. The van der Waals surface area contributed by atoms with Crippen molar-refractivity contribution in [3.05, 3.63) is 47.1 Å². The van der Waals surface area contributed by atoms with Gasteiger partial charge in [-0.1, -0.05) is 24.6 Å². The number of likely N-dealkylation sites (tertiary alicyclic amines) is 1. The Balaban J connectivity index is 1.60. The normalized spacial score (nSPS) is 20.9. The van der Waals surface area contributed by atoms with E-state index in [2.05, 4.69) is 17.9 Å². The van der Waals surface area contributed by atoms with E-state index in [1.807, 2.05) is 12.1 Å². The molecule has 2 aliphatic rings. The van der Waals surface area contributed by atoms with Gasteiger partial charge in [0.25, 0.3) is 0 Å². The third kappa shape index (κ3) is 5.13. The van der Waals surface area contributed by atoms with Gasteiger partial charge in [0.15, 0.2) is 0 Å². The third-order valence-electron chi connectivity index (χ3n) is 4.98. The van der Waals surface area contributed by atoms with Gasteiger partial charge in [-0.15, -0.1) is 0 Å². The number of carboxylic acids is 1. The fourth-order valence-corrected chi connectivity index (χ4v) is 3.43. The number of hydrogen-bond donors (Lipinski definition) is 1. The van der Waals surface area contributed by atoms with Crippen molar-refractivity contribution in [2.45, 2.75) is 19.5 Å². The second-order valence-electron chi connectivity index (χ2n) is 7.17. The largest absolute Gasteiger partial charge is 0.490 e. The maximum atomic E-state index is 12.1. The summed E-state index contributed by atoms with van der Waals surface area (Å²) in [6.07, 6.45) is -0.237. The maximum Gasteiger partial charge on any atom is 0.409 e. The third-order valence-corrected chi connectivity index (χ3v) is 4.98. The lowest BCUT2D eigenvalue weighted by molar-refractivity contribution is -0.147. The van der Waals surface area contributed by atoms with Crippen molar-refractivity contribution in [2.24, 2.45) is 11.8 Å². The number of carboxylic acid groups (broad SMARTS) is 1. The van der Waals surface area contributed by atoms with Crippen molar-refractivity contribution in [1.29, 1.82) is 0 Å². The molecule has 0 radical (unpaired) electrons. The number of rotatable bonds is 6. The van der Waals surface area contributed by atoms with Gasteiger partial charge in [0.05, 0.1) is 5.92 Å². The fraction of sp³-hybridized carbons (Fsp3) is 0.450. The number of allylic oxidation sites excluding steroid dienone is 1. The molecule has 146 valence electrons. The predicted molar refractivity (Wildman–Crippen MR) is 95.5 cm³/mol. The summed E-state index contributed by atoms with van der Waals surface area (Å²) < 4.78 is 41.6. The van der Waals surface area contributed by atoms with Crippen LogP contribution in [0.25, 0.3) is 6.08 Å². The highest BCUT2D eigenvalue weighted by Crippen LogP contribution is 2.32. The lowest BCUT2D eigenvalue weighted by Crippen LogP contribution is -2.51. The minimum Gasteiger partial charge on any atom is -0.490 e. The van der Waals surface area contributed by atoms with E-state index in [1.54, 1.807) is 6.07 Å². The highest BCUT2D eigenvalue weighted by Gasteiger charge is 2.33. The van der Waals surface area contributed by atoms with Crippen molar-refractivity contribution in [1.82, 2.24) is 4.90 Å². The quantitative estimate of drug-likeness (QED) is 0.762. The number of ether oxygens (including phenoxy) is 1. The molecule has 1 aromatic rings. The molecule has 1 saturated heterocycles. The van der Waals surface area contributed by atoms with Gasteiger partial charge in [0.2, 0.25) is 0 Å². The lowest BCUT2D eigenvalue weighted by atomic mass is 9.83. The standard InChI is InChI=1S/C20H22F3NO3/c1-13-7-15-9-18(27-6-2-5-20(21,22)23)4-3-14(15)8-16(13)10-24-11-17(12-24)19(25)26/h2-5,8-9,13,17H,6-7,10-12H2,1H3,(H,25,26)/b5-2-/t13-/m1/s1. The van der Waals surface area contributed by atoms with E-state index >= 15 is 0 Å². The summed E-state index contributed by atoms with van der Waals surface area (Å²) in [6, 6.07) is 5.55. The van der Waals surface area contributed by atoms with Gasteiger partial charge in [0.1, 0.15) is 12.4 Å². The fourth-order valence-electron chi connectivity index (χ4n) is 3.43. The number of carbonyl (C=O) groups is 1. The Kier molecular flexibility index (Phi) is 5.60. The molecule has 1 aromatic carbocycles. The van der Waals surface area contributed by atoms with E-state index in [1.165, 1.54) is 5.57 Å². The number of halogens is 3. The number of benzene rings is 1. The molecule has 0 saturated carbocycles. The molecular weight excluding hydrogens is 359 g/mol. The Hall–Kier alpha value is -2.28. The Bertz CT molecular complexity index is 764. The molecular formula is C20H22F3NO3. The molecule has 1 N–H and O–H groups in total. The zero-order valence-corrected chi connectivity index (χ0v) is 15.0. The van der Waals surface area contributed by atoms with E-state index in [9.17, 15) is 18.0 Å². The molecule has 27 heavy (non-hydrogen) atoms. The number of alkyl halides is 3. The first kappa shape index (κ1) is 19.5. The average Bonchev–Trinajstić information content (AvgIpc) is 2.53. The predicted octanol–water partition coefficient (Wildman–Crippen LogP) is 3.78. The van der Waals surface area contributed by atoms with Gasteiger partial charge in [-0.2, -0.15) is 13.2 Å². The summed E-state index contributed by atoms with van der Waals surface area (Å²) in [7, 11) is 0. The second-order valence-corrected chi connectivity index (χ2v) is 7.17. The van der Waals surface area contributed by atoms with Crippen LogP contribution >= 0.6 is 0 Å². The molecule has 0 bridgehead atoms. The van der Waals surface area contributed by atoms with Crippen LogP contribution in [0.3, 0.4) is 0 Å².